The van der Waals surface area contributed by atoms with Crippen LogP contribution in [0, 0.1) is 17.0 Å². The highest BCUT2D eigenvalue weighted by Gasteiger charge is 2.26. The molecule has 0 aliphatic carbocycles. The number of aryl methyl sites for hydroxylation is 1. The lowest BCUT2D eigenvalue weighted by molar-refractivity contribution is -0.481. The van der Waals surface area contributed by atoms with Crippen LogP contribution >= 0.6 is 0 Å². The minimum absolute atomic E-state index is 0.143. The van der Waals surface area contributed by atoms with Crippen molar-refractivity contribution in [3.63, 3.8) is 0 Å². The van der Waals surface area contributed by atoms with Crippen LogP contribution in [0.5, 0.6) is 0 Å². The number of fused-ring (bicyclic) bond motifs is 2. The highest BCUT2D eigenvalue weighted by Crippen LogP contribution is 2.34. The van der Waals surface area contributed by atoms with Gasteiger partial charge in [-0.15, -0.1) is 0 Å². The van der Waals surface area contributed by atoms with E-state index in [1.165, 1.54) is 0 Å². The fourth-order valence-electron chi connectivity index (χ4n) is 3.53. The van der Waals surface area contributed by atoms with Gasteiger partial charge in [-0.1, -0.05) is 36.4 Å². The first-order chi connectivity index (χ1) is 11.6. The molecule has 1 atom stereocenters. The Morgan fingerprint density at radius 1 is 1.04 bits per heavy atom. The van der Waals surface area contributed by atoms with Crippen molar-refractivity contribution in [1.82, 2.24) is 9.97 Å². The summed E-state index contributed by atoms with van der Waals surface area (Å²) in [6, 6.07) is 15.9. The molecule has 0 bridgehead atoms. The van der Waals surface area contributed by atoms with Gasteiger partial charge in [0.25, 0.3) is 0 Å². The monoisotopic (exact) mass is 319 g/mol. The number of nitro groups is 1. The Kier molecular flexibility index (Phi) is 3.34. The minimum Gasteiger partial charge on any atom is -0.361 e. The van der Waals surface area contributed by atoms with Crippen LogP contribution in [0.1, 0.15) is 22.7 Å². The molecule has 0 radical (unpaired) electrons. The molecule has 2 aromatic heterocycles. The van der Waals surface area contributed by atoms with Gasteiger partial charge in [0.15, 0.2) is 0 Å². The number of hydrogen-bond donors (Lipinski definition) is 2. The molecule has 4 rings (SSSR count). The predicted octanol–water partition coefficient (Wildman–Crippen LogP) is 4.37. The summed E-state index contributed by atoms with van der Waals surface area (Å²) < 4.78 is 0. The molecule has 2 N–H and O–H groups in total. The van der Waals surface area contributed by atoms with Gasteiger partial charge >= 0.3 is 0 Å². The van der Waals surface area contributed by atoms with Crippen molar-refractivity contribution in [1.29, 1.82) is 0 Å². The lowest BCUT2D eigenvalue weighted by Gasteiger charge is -2.12. The van der Waals surface area contributed by atoms with E-state index in [9.17, 15) is 10.1 Å². The molecule has 4 aromatic rings. The maximum absolute atomic E-state index is 11.3. The summed E-state index contributed by atoms with van der Waals surface area (Å²) in [7, 11) is 0. The fraction of sp³-hybridized carbons (Fsp3) is 0.158. The topological polar surface area (TPSA) is 74.7 Å². The Labute approximate surface area is 138 Å². The van der Waals surface area contributed by atoms with Crippen LogP contribution in [0.3, 0.4) is 0 Å². The number of benzene rings is 2. The van der Waals surface area contributed by atoms with E-state index in [1.807, 2.05) is 61.7 Å². The van der Waals surface area contributed by atoms with Crippen LogP contribution in [0.25, 0.3) is 21.8 Å². The second kappa shape index (κ2) is 5.53. The molecule has 0 amide bonds. The number of hydrogen-bond acceptors (Lipinski definition) is 2. The fourth-order valence-corrected chi connectivity index (χ4v) is 3.53. The van der Waals surface area contributed by atoms with E-state index in [0.717, 1.165) is 38.6 Å². The van der Waals surface area contributed by atoms with E-state index in [-0.39, 0.29) is 17.4 Å². The third-order valence-corrected chi connectivity index (χ3v) is 4.68. The Bertz CT molecular complexity index is 1050. The summed E-state index contributed by atoms with van der Waals surface area (Å²) in [5.74, 6) is -0.316. The first-order valence-electron chi connectivity index (χ1n) is 7.90. The zero-order valence-electron chi connectivity index (χ0n) is 13.2. The number of nitrogens with zero attached hydrogens (tertiary/aromatic N) is 1. The van der Waals surface area contributed by atoms with Gasteiger partial charge in [-0.25, -0.2) is 0 Å². The number of nitrogens with one attached hydrogen (secondary N) is 2. The second-order valence-corrected chi connectivity index (χ2v) is 6.07. The average Bonchev–Trinajstić information content (AvgIpc) is 3.15. The molecule has 5 nitrogen and oxygen atoms in total. The van der Waals surface area contributed by atoms with Crippen LogP contribution in [0.4, 0.5) is 0 Å². The molecule has 0 saturated heterocycles. The van der Waals surface area contributed by atoms with Gasteiger partial charge in [0, 0.05) is 38.6 Å². The third-order valence-electron chi connectivity index (χ3n) is 4.68. The molecule has 24 heavy (non-hydrogen) atoms. The van der Waals surface area contributed by atoms with Gasteiger partial charge in [0.05, 0.1) is 5.92 Å². The largest absolute Gasteiger partial charge is 0.361 e. The molecular formula is C19H17N3O2. The van der Waals surface area contributed by atoms with Crippen molar-refractivity contribution in [2.24, 2.45) is 0 Å². The van der Waals surface area contributed by atoms with Crippen LogP contribution in [-0.4, -0.2) is 21.4 Å². The van der Waals surface area contributed by atoms with E-state index >= 15 is 0 Å². The molecule has 0 spiro atoms. The van der Waals surface area contributed by atoms with E-state index < -0.39 is 0 Å². The first-order valence-corrected chi connectivity index (χ1v) is 7.90. The van der Waals surface area contributed by atoms with Crippen molar-refractivity contribution in [3.05, 3.63) is 81.7 Å². The van der Waals surface area contributed by atoms with Gasteiger partial charge in [0.2, 0.25) is 6.54 Å². The molecule has 2 aromatic carbocycles. The van der Waals surface area contributed by atoms with E-state index in [1.54, 1.807) is 0 Å². The maximum Gasteiger partial charge on any atom is 0.216 e. The summed E-state index contributed by atoms with van der Waals surface area (Å²) in [4.78, 5) is 17.7. The van der Waals surface area contributed by atoms with Crippen molar-refractivity contribution < 1.29 is 4.92 Å². The number of H-pyrrole nitrogens is 2. The molecule has 5 heteroatoms. The van der Waals surface area contributed by atoms with Gasteiger partial charge in [-0.05, 0) is 30.2 Å². The first kappa shape index (κ1) is 14.5. The summed E-state index contributed by atoms with van der Waals surface area (Å²) in [6.45, 7) is 1.88. The second-order valence-electron chi connectivity index (χ2n) is 6.07. The standard InChI is InChI=1S/C19H17N3O2/c1-12-13-6-2-5-9-18(13)21-19(12)16(11-22(23)24)15-10-20-17-8-4-3-7-14(15)17/h2-10,16,20-21H,11H2,1H3. The zero-order chi connectivity index (χ0) is 16.7. The van der Waals surface area contributed by atoms with Crippen LogP contribution < -0.4 is 0 Å². The van der Waals surface area contributed by atoms with E-state index in [2.05, 4.69) is 9.97 Å². The van der Waals surface area contributed by atoms with Gasteiger partial charge in [-0.3, -0.25) is 10.1 Å². The van der Waals surface area contributed by atoms with Crippen molar-refractivity contribution in [3.8, 4) is 0 Å². The quantitative estimate of drug-likeness (QED) is 0.433. The highest BCUT2D eigenvalue weighted by atomic mass is 16.6. The lowest BCUT2D eigenvalue weighted by atomic mass is 9.93. The number of aromatic amines is 2. The SMILES string of the molecule is Cc1c(C(C[N+](=O)[O-])c2c[nH]c3ccccc23)[nH]c2ccccc12. The van der Waals surface area contributed by atoms with Crippen LogP contribution in [0.15, 0.2) is 54.7 Å². The molecule has 0 aliphatic rings. The molecule has 1 unspecified atom stereocenters. The maximum atomic E-state index is 11.3. The minimum atomic E-state index is -0.316. The Balaban J connectivity index is 1.93. The number of aromatic nitrogens is 2. The molecule has 0 saturated carbocycles. The van der Waals surface area contributed by atoms with E-state index in [4.69, 9.17) is 0 Å². The van der Waals surface area contributed by atoms with Crippen molar-refractivity contribution in [2.75, 3.05) is 6.54 Å². The van der Waals surface area contributed by atoms with Crippen molar-refractivity contribution >= 4 is 21.8 Å². The summed E-state index contributed by atoms with van der Waals surface area (Å²) in [5.41, 5.74) is 4.95. The summed E-state index contributed by atoms with van der Waals surface area (Å²) >= 11 is 0. The molecule has 0 aliphatic heterocycles. The lowest BCUT2D eigenvalue weighted by Crippen LogP contribution is -2.15. The highest BCUT2D eigenvalue weighted by molar-refractivity contribution is 5.87. The Hall–Kier alpha value is -3.08. The van der Waals surface area contributed by atoms with E-state index in [0.29, 0.717) is 0 Å². The van der Waals surface area contributed by atoms with Gasteiger partial charge < -0.3 is 9.97 Å². The molecular weight excluding hydrogens is 302 g/mol. The third kappa shape index (κ3) is 2.25. The van der Waals surface area contributed by atoms with Gasteiger partial charge in [-0.2, -0.15) is 0 Å². The van der Waals surface area contributed by atoms with Crippen LogP contribution in [0.2, 0.25) is 0 Å². The average molecular weight is 319 g/mol. The Morgan fingerprint density at radius 3 is 2.42 bits per heavy atom. The summed E-state index contributed by atoms with van der Waals surface area (Å²) in [6.07, 6.45) is 1.89. The van der Waals surface area contributed by atoms with Crippen LogP contribution in [-0.2, 0) is 0 Å². The number of rotatable bonds is 4. The smallest absolute Gasteiger partial charge is 0.216 e. The normalized spacial score (nSPS) is 12.7. The summed E-state index contributed by atoms with van der Waals surface area (Å²) in [5, 5.41) is 13.5. The zero-order valence-corrected chi connectivity index (χ0v) is 13.2. The predicted molar refractivity (Wildman–Crippen MR) is 95.0 cm³/mol. The van der Waals surface area contributed by atoms with Gasteiger partial charge in [0.1, 0.15) is 0 Å². The molecule has 120 valence electrons. The Morgan fingerprint density at radius 2 is 1.71 bits per heavy atom. The van der Waals surface area contributed by atoms with Crippen molar-refractivity contribution in [2.45, 2.75) is 12.8 Å². The molecule has 2 heterocycles. The molecule has 0 fully saturated rings. The number of para-hydroxylation sites is 2.